The predicted octanol–water partition coefficient (Wildman–Crippen LogP) is 3.20. The molecule has 0 saturated carbocycles. The summed E-state index contributed by atoms with van der Waals surface area (Å²) in [4.78, 5) is 0. The smallest absolute Gasteiger partial charge is 0.125 e. The molecule has 0 aliphatic rings. The number of ether oxygens (including phenoxy) is 1. The second-order valence-corrected chi connectivity index (χ2v) is 4.43. The topological polar surface area (TPSA) is 35.2 Å². The standard InChI is InChI=1S/C14H22FNO/c1-4-6-17-14-10(3)7-12(15)8-11(14)9-13(16)5-2/h7-8,13H,4-6,9,16H2,1-3H3. The van der Waals surface area contributed by atoms with Gasteiger partial charge in [-0.05, 0) is 49.4 Å². The van der Waals surface area contributed by atoms with Gasteiger partial charge in [-0.1, -0.05) is 13.8 Å². The van der Waals surface area contributed by atoms with Crippen LogP contribution in [0.2, 0.25) is 0 Å². The van der Waals surface area contributed by atoms with Gasteiger partial charge in [0.1, 0.15) is 11.6 Å². The normalized spacial score (nSPS) is 12.5. The van der Waals surface area contributed by atoms with Crippen molar-refractivity contribution in [1.29, 1.82) is 0 Å². The summed E-state index contributed by atoms with van der Waals surface area (Å²) in [6, 6.07) is 3.10. The van der Waals surface area contributed by atoms with E-state index in [1.165, 1.54) is 12.1 Å². The molecule has 0 aliphatic carbocycles. The zero-order valence-electron chi connectivity index (χ0n) is 10.9. The van der Waals surface area contributed by atoms with Crippen LogP contribution in [-0.2, 0) is 6.42 Å². The van der Waals surface area contributed by atoms with Crippen molar-refractivity contribution in [1.82, 2.24) is 0 Å². The van der Waals surface area contributed by atoms with Crippen molar-refractivity contribution in [2.24, 2.45) is 5.73 Å². The molecular formula is C14H22FNO. The van der Waals surface area contributed by atoms with Crippen LogP contribution in [0, 0.1) is 12.7 Å². The third-order valence-corrected chi connectivity index (χ3v) is 2.77. The van der Waals surface area contributed by atoms with Crippen LogP contribution in [0.15, 0.2) is 12.1 Å². The van der Waals surface area contributed by atoms with E-state index in [1.54, 1.807) is 0 Å². The quantitative estimate of drug-likeness (QED) is 0.827. The number of benzene rings is 1. The van der Waals surface area contributed by atoms with Crippen molar-refractivity contribution in [2.45, 2.75) is 46.1 Å². The SMILES string of the molecule is CCCOc1c(C)cc(F)cc1CC(N)CC. The number of rotatable bonds is 6. The van der Waals surface area contributed by atoms with Crippen LogP contribution < -0.4 is 10.5 Å². The van der Waals surface area contributed by atoms with E-state index in [-0.39, 0.29) is 11.9 Å². The van der Waals surface area contributed by atoms with Gasteiger partial charge in [0.15, 0.2) is 0 Å². The number of nitrogens with two attached hydrogens (primary N) is 1. The summed E-state index contributed by atoms with van der Waals surface area (Å²) in [5.41, 5.74) is 7.65. The molecule has 1 unspecified atom stereocenters. The monoisotopic (exact) mass is 239 g/mol. The lowest BCUT2D eigenvalue weighted by Gasteiger charge is -2.16. The lowest BCUT2D eigenvalue weighted by molar-refractivity contribution is 0.310. The van der Waals surface area contributed by atoms with Crippen LogP contribution in [-0.4, -0.2) is 12.6 Å². The highest BCUT2D eigenvalue weighted by molar-refractivity contribution is 5.41. The molecule has 1 rings (SSSR count). The molecule has 0 bridgehead atoms. The fraction of sp³-hybridized carbons (Fsp3) is 0.571. The second-order valence-electron chi connectivity index (χ2n) is 4.43. The first-order valence-corrected chi connectivity index (χ1v) is 6.25. The van der Waals surface area contributed by atoms with E-state index in [9.17, 15) is 4.39 Å². The number of aryl methyl sites for hydroxylation is 1. The Morgan fingerprint density at radius 3 is 2.65 bits per heavy atom. The maximum Gasteiger partial charge on any atom is 0.125 e. The molecule has 1 aromatic rings. The molecule has 2 nitrogen and oxygen atoms in total. The Hall–Kier alpha value is -1.09. The van der Waals surface area contributed by atoms with Gasteiger partial charge in [-0.2, -0.15) is 0 Å². The first kappa shape index (κ1) is 14.0. The fourth-order valence-corrected chi connectivity index (χ4v) is 1.79. The zero-order valence-corrected chi connectivity index (χ0v) is 10.9. The van der Waals surface area contributed by atoms with Gasteiger partial charge in [-0.15, -0.1) is 0 Å². The molecule has 0 saturated heterocycles. The maximum absolute atomic E-state index is 13.4. The Bertz CT molecular complexity index is 365. The largest absolute Gasteiger partial charge is 0.493 e. The third-order valence-electron chi connectivity index (χ3n) is 2.77. The van der Waals surface area contributed by atoms with E-state index >= 15 is 0 Å². The number of hydrogen-bond acceptors (Lipinski definition) is 2. The molecule has 96 valence electrons. The summed E-state index contributed by atoms with van der Waals surface area (Å²) in [6.07, 6.45) is 2.48. The summed E-state index contributed by atoms with van der Waals surface area (Å²) in [6.45, 7) is 6.61. The van der Waals surface area contributed by atoms with Crippen molar-refractivity contribution in [3.63, 3.8) is 0 Å². The van der Waals surface area contributed by atoms with E-state index < -0.39 is 0 Å². The minimum atomic E-state index is -0.218. The van der Waals surface area contributed by atoms with Gasteiger partial charge in [-0.3, -0.25) is 0 Å². The molecule has 17 heavy (non-hydrogen) atoms. The summed E-state index contributed by atoms with van der Waals surface area (Å²) >= 11 is 0. The molecule has 1 aromatic carbocycles. The fourth-order valence-electron chi connectivity index (χ4n) is 1.79. The van der Waals surface area contributed by atoms with Gasteiger partial charge in [-0.25, -0.2) is 4.39 Å². The van der Waals surface area contributed by atoms with Crippen molar-refractivity contribution < 1.29 is 9.13 Å². The zero-order chi connectivity index (χ0) is 12.8. The van der Waals surface area contributed by atoms with Gasteiger partial charge < -0.3 is 10.5 Å². The minimum absolute atomic E-state index is 0.0557. The maximum atomic E-state index is 13.4. The molecule has 0 aromatic heterocycles. The van der Waals surface area contributed by atoms with E-state index in [4.69, 9.17) is 10.5 Å². The van der Waals surface area contributed by atoms with Crippen LogP contribution in [0.1, 0.15) is 37.8 Å². The summed E-state index contributed by atoms with van der Waals surface area (Å²) in [5, 5.41) is 0. The van der Waals surface area contributed by atoms with E-state index in [0.29, 0.717) is 13.0 Å². The van der Waals surface area contributed by atoms with Gasteiger partial charge in [0.2, 0.25) is 0 Å². The first-order valence-electron chi connectivity index (χ1n) is 6.25. The van der Waals surface area contributed by atoms with Crippen molar-refractivity contribution in [3.05, 3.63) is 29.1 Å². The number of halogens is 1. The Morgan fingerprint density at radius 1 is 1.35 bits per heavy atom. The van der Waals surface area contributed by atoms with Crippen LogP contribution in [0.25, 0.3) is 0 Å². The lowest BCUT2D eigenvalue weighted by Crippen LogP contribution is -2.22. The Kier molecular flexibility index (Phi) is 5.42. The lowest BCUT2D eigenvalue weighted by atomic mass is 10.0. The minimum Gasteiger partial charge on any atom is -0.493 e. The molecular weight excluding hydrogens is 217 g/mol. The molecule has 0 fully saturated rings. The number of hydrogen-bond donors (Lipinski definition) is 1. The van der Waals surface area contributed by atoms with Gasteiger partial charge in [0.25, 0.3) is 0 Å². The van der Waals surface area contributed by atoms with Crippen LogP contribution >= 0.6 is 0 Å². The summed E-state index contributed by atoms with van der Waals surface area (Å²) < 4.78 is 19.1. The van der Waals surface area contributed by atoms with Crippen LogP contribution in [0.5, 0.6) is 5.75 Å². The molecule has 2 N–H and O–H groups in total. The van der Waals surface area contributed by atoms with Crippen molar-refractivity contribution in [3.8, 4) is 5.75 Å². The summed E-state index contributed by atoms with van der Waals surface area (Å²) in [7, 11) is 0. The van der Waals surface area contributed by atoms with E-state index in [1.807, 2.05) is 13.8 Å². The molecule has 3 heteroatoms. The Labute approximate surface area is 103 Å². The second kappa shape index (κ2) is 6.60. The average Bonchev–Trinajstić information content (AvgIpc) is 2.27. The highest BCUT2D eigenvalue weighted by Crippen LogP contribution is 2.26. The van der Waals surface area contributed by atoms with E-state index in [0.717, 1.165) is 29.7 Å². The van der Waals surface area contributed by atoms with Crippen molar-refractivity contribution in [2.75, 3.05) is 6.61 Å². The van der Waals surface area contributed by atoms with Crippen molar-refractivity contribution >= 4 is 0 Å². The highest BCUT2D eigenvalue weighted by Gasteiger charge is 2.12. The van der Waals surface area contributed by atoms with Gasteiger partial charge >= 0.3 is 0 Å². The van der Waals surface area contributed by atoms with Crippen LogP contribution in [0.3, 0.4) is 0 Å². The van der Waals surface area contributed by atoms with Crippen LogP contribution in [0.4, 0.5) is 4.39 Å². The highest BCUT2D eigenvalue weighted by atomic mass is 19.1. The molecule has 1 atom stereocenters. The molecule has 0 aliphatic heterocycles. The molecule has 0 radical (unpaired) electrons. The van der Waals surface area contributed by atoms with Gasteiger partial charge in [0, 0.05) is 6.04 Å². The third kappa shape index (κ3) is 4.00. The average molecular weight is 239 g/mol. The molecule has 0 spiro atoms. The summed E-state index contributed by atoms with van der Waals surface area (Å²) in [5.74, 6) is 0.585. The molecule has 0 amide bonds. The first-order chi connectivity index (χ1) is 8.08. The van der Waals surface area contributed by atoms with Gasteiger partial charge in [0.05, 0.1) is 6.61 Å². The molecule has 0 heterocycles. The Morgan fingerprint density at radius 2 is 2.06 bits per heavy atom. The predicted molar refractivity (Wildman–Crippen MR) is 68.9 cm³/mol. The van der Waals surface area contributed by atoms with E-state index in [2.05, 4.69) is 6.92 Å². The Balaban J connectivity index is 2.97.